The number of aliphatic carboxylic acids is 1. The Bertz CT molecular complexity index is 314. The van der Waals surface area contributed by atoms with Gasteiger partial charge in [-0.25, -0.2) is 9.59 Å². The van der Waals surface area contributed by atoms with Crippen LogP contribution in [0.2, 0.25) is 0 Å². The van der Waals surface area contributed by atoms with Crippen molar-refractivity contribution >= 4 is 12.0 Å². The van der Waals surface area contributed by atoms with E-state index in [9.17, 15) is 9.59 Å². The molecule has 0 aromatic carbocycles. The van der Waals surface area contributed by atoms with Crippen LogP contribution in [0, 0.1) is 5.92 Å². The zero-order valence-electron chi connectivity index (χ0n) is 11.9. The maximum absolute atomic E-state index is 12.0. The molecule has 1 aliphatic heterocycles. The van der Waals surface area contributed by atoms with Crippen LogP contribution in [0.5, 0.6) is 0 Å². The summed E-state index contributed by atoms with van der Waals surface area (Å²) in [5, 5.41) is 11.7. The van der Waals surface area contributed by atoms with Crippen molar-refractivity contribution in [3.63, 3.8) is 0 Å². The Labute approximate surface area is 114 Å². The summed E-state index contributed by atoms with van der Waals surface area (Å²) in [6.45, 7) is 5.17. The van der Waals surface area contributed by atoms with E-state index in [1.165, 1.54) is 0 Å². The topological polar surface area (TPSA) is 78.9 Å². The SMILES string of the molecule is CC(C)CC(NC(=O)N(C)C1CCOCC1)C(=O)O. The minimum absolute atomic E-state index is 0.127. The minimum Gasteiger partial charge on any atom is -0.480 e. The lowest BCUT2D eigenvalue weighted by Gasteiger charge is -2.32. The smallest absolute Gasteiger partial charge is 0.326 e. The van der Waals surface area contributed by atoms with E-state index in [0.29, 0.717) is 19.6 Å². The summed E-state index contributed by atoms with van der Waals surface area (Å²) in [5.41, 5.74) is 0. The molecule has 1 atom stereocenters. The summed E-state index contributed by atoms with van der Waals surface area (Å²) in [4.78, 5) is 24.8. The van der Waals surface area contributed by atoms with Crippen molar-refractivity contribution in [3.05, 3.63) is 0 Å². The summed E-state index contributed by atoms with van der Waals surface area (Å²) in [6.07, 6.45) is 2.03. The molecule has 0 radical (unpaired) electrons. The van der Waals surface area contributed by atoms with Gasteiger partial charge in [-0.2, -0.15) is 0 Å². The highest BCUT2D eigenvalue weighted by atomic mass is 16.5. The van der Waals surface area contributed by atoms with E-state index in [2.05, 4.69) is 5.32 Å². The Morgan fingerprint density at radius 3 is 2.42 bits per heavy atom. The zero-order valence-corrected chi connectivity index (χ0v) is 11.9. The Morgan fingerprint density at radius 2 is 1.95 bits per heavy atom. The number of carbonyl (C=O) groups excluding carboxylic acids is 1. The average Bonchev–Trinajstić information content (AvgIpc) is 2.37. The second kappa shape index (κ2) is 7.33. The quantitative estimate of drug-likeness (QED) is 0.791. The predicted molar refractivity (Wildman–Crippen MR) is 71.0 cm³/mol. The molecule has 1 saturated heterocycles. The van der Waals surface area contributed by atoms with Gasteiger partial charge in [-0.1, -0.05) is 13.8 Å². The van der Waals surface area contributed by atoms with Crippen molar-refractivity contribution in [2.24, 2.45) is 5.92 Å². The number of ether oxygens (including phenoxy) is 1. The second-order valence-electron chi connectivity index (χ2n) is 5.42. The van der Waals surface area contributed by atoms with Gasteiger partial charge in [-0.3, -0.25) is 0 Å². The molecule has 1 fully saturated rings. The molecule has 1 aliphatic rings. The lowest BCUT2D eigenvalue weighted by Crippen LogP contribution is -2.51. The molecule has 2 amide bonds. The van der Waals surface area contributed by atoms with Gasteiger partial charge < -0.3 is 20.1 Å². The molecule has 6 nitrogen and oxygen atoms in total. The van der Waals surface area contributed by atoms with Crippen LogP contribution >= 0.6 is 0 Å². The van der Waals surface area contributed by atoms with Crippen LogP contribution in [0.25, 0.3) is 0 Å². The predicted octanol–water partition coefficient (Wildman–Crippen LogP) is 1.31. The molecular formula is C13H24N2O4. The van der Waals surface area contributed by atoms with Crippen LogP contribution in [-0.4, -0.2) is 54.4 Å². The van der Waals surface area contributed by atoms with E-state index in [0.717, 1.165) is 12.8 Å². The molecule has 6 heteroatoms. The molecule has 0 spiro atoms. The molecule has 0 aromatic rings. The number of rotatable bonds is 5. The summed E-state index contributed by atoms with van der Waals surface area (Å²) in [5.74, 6) is -0.766. The number of amides is 2. The van der Waals surface area contributed by atoms with Crippen molar-refractivity contribution in [1.82, 2.24) is 10.2 Å². The maximum atomic E-state index is 12.0. The number of carbonyl (C=O) groups is 2. The Kier molecular flexibility index (Phi) is 6.08. The van der Waals surface area contributed by atoms with Gasteiger partial charge in [0.25, 0.3) is 0 Å². The first-order valence-electron chi connectivity index (χ1n) is 6.75. The van der Waals surface area contributed by atoms with Gasteiger partial charge in [0, 0.05) is 26.3 Å². The van der Waals surface area contributed by atoms with E-state index in [1.807, 2.05) is 13.8 Å². The number of nitrogens with one attached hydrogen (secondary N) is 1. The zero-order chi connectivity index (χ0) is 14.4. The van der Waals surface area contributed by atoms with Gasteiger partial charge in [0.15, 0.2) is 0 Å². The molecule has 0 aliphatic carbocycles. The third-order valence-electron chi connectivity index (χ3n) is 3.36. The van der Waals surface area contributed by atoms with Gasteiger partial charge in [-0.05, 0) is 25.2 Å². The molecule has 110 valence electrons. The molecule has 0 bridgehead atoms. The van der Waals surface area contributed by atoms with Crippen LogP contribution in [-0.2, 0) is 9.53 Å². The van der Waals surface area contributed by atoms with Crippen molar-refractivity contribution in [2.75, 3.05) is 20.3 Å². The summed E-state index contributed by atoms with van der Waals surface area (Å²) in [6, 6.07) is -1.02. The Morgan fingerprint density at radius 1 is 1.37 bits per heavy atom. The molecular weight excluding hydrogens is 248 g/mol. The molecule has 1 rings (SSSR count). The van der Waals surface area contributed by atoms with Gasteiger partial charge in [0.2, 0.25) is 0 Å². The van der Waals surface area contributed by atoms with Gasteiger partial charge >= 0.3 is 12.0 Å². The van der Waals surface area contributed by atoms with E-state index in [1.54, 1.807) is 11.9 Å². The largest absolute Gasteiger partial charge is 0.480 e. The van der Waals surface area contributed by atoms with Gasteiger partial charge in [-0.15, -0.1) is 0 Å². The fraction of sp³-hybridized carbons (Fsp3) is 0.846. The van der Waals surface area contributed by atoms with Crippen molar-refractivity contribution < 1.29 is 19.4 Å². The standard InChI is InChI=1S/C13H24N2O4/c1-9(2)8-11(12(16)17)14-13(18)15(3)10-4-6-19-7-5-10/h9-11H,4-8H2,1-3H3,(H,14,18)(H,16,17). The molecule has 2 N–H and O–H groups in total. The average molecular weight is 272 g/mol. The van der Waals surface area contributed by atoms with Crippen LogP contribution in [0.3, 0.4) is 0 Å². The van der Waals surface area contributed by atoms with Crippen molar-refractivity contribution in [3.8, 4) is 0 Å². The molecule has 0 aromatic heterocycles. The van der Waals surface area contributed by atoms with Crippen molar-refractivity contribution in [1.29, 1.82) is 0 Å². The summed E-state index contributed by atoms with van der Waals surface area (Å²) >= 11 is 0. The normalized spacial score (nSPS) is 18.1. The molecule has 1 heterocycles. The fourth-order valence-corrected chi connectivity index (χ4v) is 2.18. The number of hydrogen-bond donors (Lipinski definition) is 2. The molecule has 0 saturated carbocycles. The number of carboxylic acid groups (broad SMARTS) is 1. The van der Waals surface area contributed by atoms with E-state index in [-0.39, 0.29) is 18.0 Å². The first kappa shape index (κ1) is 15.8. The number of urea groups is 1. The lowest BCUT2D eigenvalue weighted by atomic mass is 10.0. The Hall–Kier alpha value is -1.30. The van der Waals surface area contributed by atoms with Crippen LogP contribution in [0.4, 0.5) is 4.79 Å². The van der Waals surface area contributed by atoms with E-state index in [4.69, 9.17) is 9.84 Å². The van der Waals surface area contributed by atoms with Crippen LogP contribution < -0.4 is 5.32 Å². The summed E-state index contributed by atoms with van der Waals surface area (Å²) in [7, 11) is 1.71. The Balaban J connectivity index is 2.52. The van der Waals surface area contributed by atoms with Gasteiger partial charge in [0.1, 0.15) is 6.04 Å². The lowest BCUT2D eigenvalue weighted by molar-refractivity contribution is -0.139. The number of nitrogens with zero attached hydrogens (tertiary/aromatic N) is 1. The number of carboxylic acids is 1. The fourth-order valence-electron chi connectivity index (χ4n) is 2.18. The second-order valence-corrected chi connectivity index (χ2v) is 5.42. The maximum Gasteiger partial charge on any atom is 0.326 e. The third kappa shape index (κ3) is 5.06. The van der Waals surface area contributed by atoms with E-state index < -0.39 is 12.0 Å². The summed E-state index contributed by atoms with van der Waals surface area (Å²) < 4.78 is 5.25. The highest BCUT2D eigenvalue weighted by Gasteiger charge is 2.26. The first-order chi connectivity index (χ1) is 8.91. The number of hydrogen-bond acceptors (Lipinski definition) is 3. The van der Waals surface area contributed by atoms with Crippen LogP contribution in [0.15, 0.2) is 0 Å². The van der Waals surface area contributed by atoms with Crippen LogP contribution in [0.1, 0.15) is 33.1 Å². The third-order valence-corrected chi connectivity index (χ3v) is 3.36. The monoisotopic (exact) mass is 272 g/mol. The minimum atomic E-state index is -0.984. The first-order valence-corrected chi connectivity index (χ1v) is 6.75. The molecule has 19 heavy (non-hydrogen) atoms. The van der Waals surface area contributed by atoms with E-state index >= 15 is 0 Å². The highest BCUT2D eigenvalue weighted by molar-refractivity contribution is 5.82. The van der Waals surface area contributed by atoms with Crippen molar-refractivity contribution in [2.45, 2.75) is 45.2 Å². The highest BCUT2D eigenvalue weighted by Crippen LogP contribution is 2.13. The molecule has 1 unspecified atom stereocenters. The van der Waals surface area contributed by atoms with Gasteiger partial charge in [0.05, 0.1) is 0 Å².